The minimum absolute atomic E-state index is 0.0682. The Labute approximate surface area is 138 Å². The number of nitrogens with zero attached hydrogens (tertiary/aromatic N) is 1. The van der Waals surface area contributed by atoms with Crippen molar-refractivity contribution in [2.75, 3.05) is 13.1 Å². The van der Waals surface area contributed by atoms with Gasteiger partial charge in [-0.25, -0.2) is 0 Å². The fraction of sp³-hybridized carbons (Fsp3) is 0.375. The van der Waals surface area contributed by atoms with Crippen LogP contribution in [0.5, 0.6) is 0 Å². The minimum atomic E-state index is -0.768. The number of piperidine rings is 1. The van der Waals surface area contributed by atoms with E-state index >= 15 is 0 Å². The summed E-state index contributed by atoms with van der Waals surface area (Å²) < 4.78 is 0. The van der Waals surface area contributed by atoms with Crippen LogP contribution in [-0.4, -0.2) is 52.0 Å². The third-order valence-corrected chi connectivity index (χ3v) is 4.41. The zero-order valence-corrected chi connectivity index (χ0v) is 13.4. The first-order valence-electron chi connectivity index (χ1n) is 7.47. The molecule has 2 amide bonds. The van der Waals surface area contributed by atoms with Gasteiger partial charge in [-0.3, -0.25) is 9.59 Å². The van der Waals surface area contributed by atoms with Crippen molar-refractivity contribution in [3.8, 4) is 0 Å². The Kier molecular flexibility index (Phi) is 4.28. The second-order valence-corrected chi connectivity index (χ2v) is 6.25. The third kappa shape index (κ3) is 3.33. The van der Waals surface area contributed by atoms with Gasteiger partial charge in [0.25, 0.3) is 5.91 Å². The molecular weight excluding hydrogens is 318 g/mol. The summed E-state index contributed by atoms with van der Waals surface area (Å²) in [4.78, 5) is 28.3. The Hall–Kier alpha value is -2.05. The first kappa shape index (κ1) is 15.8. The fourth-order valence-corrected chi connectivity index (χ4v) is 3.04. The molecule has 23 heavy (non-hydrogen) atoms. The first-order valence-corrected chi connectivity index (χ1v) is 7.84. The summed E-state index contributed by atoms with van der Waals surface area (Å²) >= 11 is 5.94. The number of carbonyl (C=O) groups excluding carboxylic acids is 2. The van der Waals surface area contributed by atoms with Crippen LogP contribution >= 0.6 is 11.6 Å². The summed E-state index contributed by atoms with van der Waals surface area (Å²) in [5.41, 5.74) is 1.25. The van der Waals surface area contributed by atoms with Gasteiger partial charge in [0.05, 0.1) is 12.1 Å². The molecule has 1 aromatic heterocycles. The van der Waals surface area contributed by atoms with Gasteiger partial charge in [0.15, 0.2) is 0 Å². The normalized spacial score (nSPS) is 21.4. The van der Waals surface area contributed by atoms with Crippen LogP contribution in [0.1, 0.15) is 23.8 Å². The number of carbonyl (C=O) groups is 2. The summed E-state index contributed by atoms with van der Waals surface area (Å²) in [6.07, 6.45) is -0.242. The number of amides is 2. The Bertz CT molecular complexity index is 758. The van der Waals surface area contributed by atoms with Crippen molar-refractivity contribution in [2.45, 2.75) is 25.5 Å². The van der Waals surface area contributed by atoms with Crippen LogP contribution in [0.2, 0.25) is 5.02 Å². The second-order valence-electron chi connectivity index (χ2n) is 5.82. The number of rotatable bonds is 2. The lowest BCUT2D eigenvalue weighted by Gasteiger charge is -2.35. The van der Waals surface area contributed by atoms with Crippen molar-refractivity contribution in [1.29, 1.82) is 0 Å². The van der Waals surface area contributed by atoms with Gasteiger partial charge in [0, 0.05) is 35.9 Å². The minimum Gasteiger partial charge on any atom is -0.389 e. The lowest BCUT2D eigenvalue weighted by Crippen LogP contribution is -2.55. The monoisotopic (exact) mass is 335 g/mol. The van der Waals surface area contributed by atoms with E-state index in [0.29, 0.717) is 23.7 Å². The number of hydrogen-bond donors (Lipinski definition) is 3. The summed E-state index contributed by atoms with van der Waals surface area (Å²) in [5.74, 6) is -0.348. The van der Waals surface area contributed by atoms with Crippen LogP contribution in [-0.2, 0) is 4.79 Å². The molecule has 1 unspecified atom stereocenters. The molecule has 0 spiro atoms. The van der Waals surface area contributed by atoms with E-state index in [1.165, 1.54) is 6.92 Å². The molecule has 0 saturated carbocycles. The first-order chi connectivity index (χ1) is 10.9. The van der Waals surface area contributed by atoms with Gasteiger partial charge in [-0.05, 0) is 30.7 Å². The number of benzene rings is 1. The maximum Gasteiger partial charge on any atom is 0.268 e. The number of hydrogen-bond acceptors (Lipinski definition) is 3. The number of aliphatic hydroxyl groups is 1. The predicted octanol–water partition coefficient (Wildman–Crippen LogP) is 1.53. The van der Waals surface area contributed by atoms with Crippen LogP contribution in [0.25, 0.3) is 10.9 Å². The van der Waals surface area contributed by atoms with Gasteiger partial charge in [-0.1, -0.05) is 11.6 Å². The summed E-state index contributed by atoms with van der Waals surface area (Å²) in [6.45, 7) is 2.24. The van der Waals surface area contributed by atoms with Gasteiger partial charge >= 0.3 is 0 Å². The van der Waals surface area contributed by atoms with Crippen molar-refractivity contribution in [3.63, 3.8) is 0 Å². The van der Waals surface area contributed by atoms with Gasteiger partial charge in [-0.15, -0.1) is 0 Å². The van der Waals surface area contributed by atoms with Crippen molar-refractivity contribution in [2.24, 2.45) is 0 Å². The zero-order chi connectivity index (χ0) is 16.6. The number of halogens is 1. The molecule has 2 heterocycles. The molecule has 3 N–H and O–H groups in total. The van der Waals surface area contributed by atoms with E-state index in [2.05, 4.69) is 10.3 Å². The molecule has 2 aromatic rings. The summed E-state index contributed by atoms with van der Waals surface area (Å²) in [7, 11) is 0. The highest BCUT2D eigenvalue weighted by molar-refractivity contribution is 6.31. The van der Waals surface area contributed by atoms with Crippen molar-refractivity contribution >= 4 is 34.3 Å². The van der Waals surface area contributed by atoms with Gasteiger partial charge in [0.1, 0.15) is 5.69 Å². The molecule has 3 rings (SSSR count). The number of likely N-dealkylation sites (tertiary alicyclic amines) is 1. The topological polar surface area (TPSA) is 85.4 Å². The number of aromatic amines is 1. The fourth-order valence-electron chi connectivity index (χ4n) is 2.86. The Morgan fingerprint density at radius 2 is 2.17 bits per heavy atom. The Balaban J connectivity index is 1.69. The Morgan fingerprint density at radius 1 is 1.39 bits per heavy atom. The van der Waals surface area contributed by atoms with E-state index in [-0.39, 0.29) is 24.4 Å². The van der Waals surface area contributed by atoms with Crippen LogP contribution in [0, 0.1) is 0 Å². The van der Waals surface area contributed by atoms with Crippen LogP contribution in [0.4, 0.5) is 0 Å². The number of aliphatic hydroxyl groups excluding tert-OH is 1. The average Bonchev–Trinajstić information content (AvgIpc) is 2.92. The zero-order valence-electron chi connectivity index (χ0n) is 12.7. The highest BCUT2D eigenvalue weighted by Gasteiger charge is 2.30. The number of H-pyrrole nitrogens is 1. The molecule has 1 aliphatic rings. The van der Waals surface area contributed by atoms with Crippen LogP contribution in [0.3, 0.4) is 0 Å². The SMILES string of the molecule is CC(=O)N1CC[C@H](NC(=O)c2cc3cc(Cl)ccc3[nH]2)C(O)C1. The molecule has 0 aliphatic carbocycles. The third-order valence-electron chi connectivity index (χ3n) is 4.17. The van der Waals surface area contributed by atoms with Gasteiger partial charge in [-0.2, -0.15) is 0 Å². The van der Waals surface area contributed by atoms with E-state index in [0.717, 1.165) is 10.9 Å². The smallest absolute Gasteiger partial charge is 0.268 e. The number of fused-ring (bicyclic) bond motifs is 1. The van der Waals surface area contributed by atoms with Crippen molar-refractivity contribution in [1.82, 2.24) is 15.2 Å². The van der Waals surface area contributed by atoms with E-state index in [9.17, 15) is 14.7 Å². The molecule has 7 heteroatoms. The molecule has 1 fully saturated rings. The van der Waals surface area contributed by atoms with Gasteiger partial charge < -0.3 is 20.3 Å². The quantitative estimate of drug-likeness (QED) is 0.778. The molecule has 1 aromatic carbocycles. The molecule has 6 nitrogen and oxygen atoms in total. The highest BCUT2D eigenvalue weighted by atomic mass is 35.5. The molecule has 0 bridgehead atoms. The predicted molar refractivity (Wildman–Crippen MR) is 87.4 cm³/mol. The van der Waals surface area contributed by atoms with E-state index in [1.54, 1.807) is 23.1 Å². The lowest BCUT2D eigenvalue weighted by molar-refractivity contribution is -0.132. The molecule has 1 saturated heterocycles. The second kappa shape index (κ2) is 6.22. The van der Waals surface area contributed by atoms with Gasteiger partial charge in [0.2, 0.25) is 5.91 Å². The maximum absolute atomic E-state index is 12.4. The van der Waals surface area contributed by atoms with Crippen molar-refractivity contribution < 1.29 is 14.7 Å². The van der Waals surface area contributed by atoms with Crippen molar-refractivity contribution in [3.05, 3.63) is 35.0 Å². The maximum atomic E-state index is 12.4. The summed E-state index contributed by atoms with van der Waals surface area (Å²) in [5, 5.41) is 14.4. The average molecular weight is 336 g/mol. The molecule has 1 aliphatic heterocycles. The molecule has 122 valence electrons. The largest absolute Gasteiger partial charge is 0.389 e. The number of nitrogens with one attached hydrogen (secondary N) is 2. The van der Waals surface area contributed by atoms with Crippen LogP contribution in [0.15, 0.2) is 24.3 Å². The van der Waals surface area contributed by atoms with Crippen LogP contribution < -0.4 is 5.32 Å². The molecular formula is C16H18ClN3O3. The Morgan fingerprint density at radius 3 is 2.87 bits per heavy atom. The standard InChI is InChI=1S/C16H18ClN3O3/c1-9(21)20-5-4-13(15(22)8-20)19-16(23)14-7-10-6-11(17)2-3-12(10)18-14/h2-3,6-7,13,15,18,22H,4-5,8H2,1H3,(H,19,23)/t13-,15?/m0/s1. The van der Waals surface area contributed by atoms with E-state index in [4.69, 9.17) is 11.6 Å². The lowest BCUT2D eigenvalue weighted by atomic mass is 10.0. The molecule has 2 atom stereocenters. The molecule has 0 radical (unpaired) electrons. The number of β-amino-alcohol motifs (C(OH)–C–C–N with tert-alkyl or cyclic N) is 1. The highest BCUT2D eigenvalue weighted by Crippen LogP contribution is 2.20. The summed E-state index contributed by atoms with van der Waals surface area (Å²) in [6, 6.07) is 6.71. The number of aromatic nitrogens is 1. The van der Waals surface area contributed by atoms with E-state index < -0.39 is 6.10 Å². The van der Waals surface area contributed by atoms with E-state index in [1.807, 2.05) is 6.07 Å².